The first-order valence-corrected chi connectivity index (χ1v) is 4.70. The zero-order valence-corrected chi connectivity index (χ0v) is 12.0. The van der Waals surface area contributed by atoms with Crippen molar-refractivity contribution in [2.24, 2.45) is 0 Å². The van der Waals surface area contributed by atoms with Crippen LogP contribution in [0.2, 0.25) is 0 Å². The maximum Gasteiger partial charge on any atom is 1.00 e. The van der Waals surface area contributed by atoms with Crippen LogP contribution in [0.25, 0.3) is 0 Å². The van der Waals surface area contributed by atoms with E-state index in [0.717, 1.165) is 0 Å². The molecule has 0 fully saturated rings. The molecule has 0 saturated heterocycles. The summed E-state index contributed by atoms with van der Waals surface area (Å²) in [5.41, 5.74) is 0. The summed E-state index contributed by atoms with van der Waals surface area (Å²) in [6.07, 6.45) is -0.375. The fraction of sp³-hybridized carbons (Fsp3) is 0.889. The number of carbonyl (C=O) groups is 1. The molecule has 2 atom stereocenters. The Morgan fingerprint density at radius 1 is 1.50 bits per heavy atom. The van der Waals surface area contributed by atoms with Crippen LogP contribution in [-0.2, 0) is 19.0 Å². The molecule has 0 aliphatic carbocycles. The second-order valence-electron chi connectivity index (χ2n) is 2.90. The molecule has 0 aliphatic heterocycles. The van der Waals surface area contributed by atoms with Gasteiger partial charge in [0.1, 0.15) is 0 Å². The van der Waals surface area contributed by atoms with E-state index >= 15 is 0 Å². The minimum Gasteiger partial charge on any atom is -0.548 e. The Balaban J connectivity index is 0. The molecule has 0 aromatic heterocycles. The zero-order chi connectivity index (χ0) is 11.7. The molecule has 2 unspecified atom stereocenters. The van der Waals surface area contributed by atoms with E-state index in [1.54, 1.807) is 0 Å². The number of rotatable bonds is 9. The quantitative estimate of drug-likeness (QED) is 0.325. The molecule has 0 aromatic carbocycles. The molecule has 1 N–H and O–H groups in total. The topological polar surface area (TPSA) is 88.0 Å². The average Bonchev–Trinajstić information content (AvgIpc) is 2.22. The molecule has 0 rings (SSSR count). The Hall–Kier alpha value is 0.310. The van der Waals surface area contributed by atoms with Crippen LogP contribution in [0.15, 0.2) is 0 Å². The van der Waals surface area contributed by atoms with Crippen molar-refractivity contribution in [3.8, 4) is 0 Å². The molecule has 0 heterocycles. The largest absolute Gasteiger partial charge is 1.00 e. The first kappa shape index (κ1) is 18.7. The van der Waals surface area contributed by atoms with Gasteiger partial charge in [-0.25, -0.2) is 0 Å². The molecule has 0 aromatic rings. The number of ether oxygens (including phenoxy) is 3. The minimum absolute atomic E-state index is 0. The van der Waals surface area contributed by atoms with Gasteiger partial charge in [0.15, 0.2) is 6.29 Å². The third-order valence-corrected chi connectivity index (χ3v) is 1.74. The third-order valence-electron chi connectivity index (χ3n) is 1.74. The van der Waals surface area contributed by atoms with Gasteiger partial charge in [-0.3, -0.25) is 0 Å². The summed E-state index contributed by atoms with van der Waals surface area (Å²) in [5.74, 6) is -1.29. The van der Waals surface area contributed by atoms with Crippen molar-refractivity contribution in [3.05, 3.63) is 0 Å². The second kappa shape index (κ2) is 11.8. The monoisotopic (exact) mass is 244 g/mol. The summed E-state index contributed by atoms with van der Waals surface area (Å²) in [6.45, 7) is 1.23. The van der Waals surface area contributed by atoms with Crippen LogP contribution in [0.4, 0.5) is 0 Å². The van der Waals surface area contributed by atoms with E-state index in [2.05, 4.69) is 0 Å². The standard InChI is InChI=1S/C9H18O6.Na/c1-3-7(4-10)15-9(13-2)6-14-5-8(11)12;/h7,9-10H,3-6H2,1-2H3,(H,11,12);/q;+1/p-1. The molecule has 90 valence electrons. The van der Waals surface area contributed by atoms with Crippen LogP contribution in [0, 0.1) is 0 Å². The number of carboxylic acid groups (broad SMARTS) is 1. The van der Waals surface area contributed by atoms with Gasteiger partial charge in [-0.15, -0.1) is 0 Å². The molecule has 0 bridgehead atoms. The number of methoxy groups -OCH3 is 1. The summed E-state index contributed by atoms with van der Waals surface area (Å²) < 4.78 is 14.9. The molecule has 6 nitrogen and oxygen atoms in total. The summed E-state index contributed by atoms with van der Waals surface area (Å²) in [4.78, 5) is 10.0. The molecule has 0 spiro atoms. The van der Waals surface area contributed by atoms with E-state index in [1.807, 2.05) is 6.92 Å². The Labute approximate surface area is 117 Å². The SMILES string of the molecule is CCC(CO)OC(COCC(=O)[O-])OC.[Na+]. The zero-order valence-electron chi connectivity index (χ0n) is 9.97. The second-order valence-corrected chi connectivity index (χ2v) is 2.90. The summed E-state index contributed by atoms with van der Waals surface area (Å²) >= 11 is 0. The van der Waals surface area contributed by atoms with E-state index in [1.165, 1.54) is 7.11 Å². The molecule has 7 heteroatoms. The number of aliphatic carboxylic acids is 1. The molecular weight excluding hydrogens is 227 g/mol. The summed E-state index contributed by atoms with van der Waals surface area (Å²) in [5, 5.41) is 18.9. The van der Waals surface area contributed by atoms with Gasteiger partial charge in [0.25, 0.3) is 0 Å². The smallest absolute Gasteiger partial charge is 0.548 e. The van der Waals surface area contributed by atoms with Crippen molar-refractivity contribution in [2.75, 3.05) is 26.9 Å². The van der Waals surface area contributed by atoms with Crippen LogP contribution in [-0.4, -0.2) is 50.4 Å². The van der Waals surface area contributed by atoms with Gasteiger partial charge in [-0.1, -0.05) is 6.92 Å². The summed E-state index contributed by atoms with van der Waals surface area (Å²) in [6, 6.07) is 0. The van der Waals surface area contributed by atoms with Gasteiger partial charge < -0.3 is 29.2 Å². The van der Waals surface area contributed by atoms with E-state index in [4.69, 9.17) is 19.3 Å². The van der Waals surface area contributed by atoms with E-state index in [0.29, 0.717) is 6.42 Å². The van der Waals surface area contributed by atoms with Crippen molar-refractivity contribution >= 4 is 5.97 Å². The van der Waals surface area contributed by atoms with Gasteiger partial charge in [-0.2, -0.15) is 0 Å². The van der Waals surface area contributed by atoms with Crippen LogP contribution in [0.3, 0.4) is 0 Å². The molecule has 0 amide bonds. The van der Waals surface area contributed by atoms with Crippen LogP contribution >= 0.6 is 0 Å². The molecule has 16 heavy (non-hydrogen) atoms. The molecule has 0 radical (unpaired) electrons. The van der Waals surface area contributed by atoms with Gasteiger partial charge in [0.2, 0.25) is 0 Å². The van der Waals surface area contributed by atoms with Crippen LogP contribution in [0.1, 0.15) is 13.3 Å². The number of hydrogen-bond donors (Lipinski definition) is 1. The van der Waals surface area contributed by atoms with Gasteiger partial charge in [0.05, 0.1) is 31.9 Å². The van der Waals surface area contributed by atoms with Gasteiger partial charge >= 0.3 is 29.6 Å². The van der Waals surface area contributed by atoms with E-state index in [-0.39, 0.29) is 48.9 Å². The molecule has 0 aliphatic rings. The Morgan fingerprint density at radius 3 is 2.50 bits per heavy atom. The van der Waals surface area contributed by atoms with E-state index in [9.17, 15) is 9.90 Å². The minimum atomic E-state index is -1.29. The van der Waals surface area contributed by atoms with Crippen molar-refractivity contribution in [3.63, 3.8) is 0 Å². The predicted octanol–water partition coefficient (Wildman–Crippen LogP) is -4.48. The summed E-state index contributed by atoms with van der Waals surface area (Å²) in [7, 11) is 1.41. The van der Waals surface area contributed by atoms with E-state index < -0.39 is 18.9 Å². The first-order chi connectivity index (χ1) is 7.13. The Bertz CT molecular complexity index is 173. The number of aliphatic hydroxyl groups excluding tert-OH is 1. The Morgan fingerprint density at radius 2 is 2.12 bits per heavy atom. The average molecular weight is 244 g/mol. The maximum atomic E-state index is 10.0. The fourth-order valence-electron chi connectivity index (χ4n) is 0.884. The molecular formula is C9H17NaO6. The fourth-order valence-corrected chi connectivity index (χ4v) is 0.884. The van der Waals surface area contributed by atoms with Crippen molar-refractivity contribution in [2.45, 2.75) is 25.7 Å². The normalized spacial score (nSPS) is 13.9. The Kier molecular flexibility index (Phi) is 13.8. The third kappa shape index (κ3) is 9.53. The van der Waals surface area contributed by atoms with Crippen molar-refractivity contribution in [1.29, 1.82) is 0 Å². The number of carboxylic acids is 1. The number of carbonyl (C=O) groups excluding carboxylic acids is 1. The number of hydrogen-bond acceptors (Lipinski definition) is 6. The van der Waals surface area contributed by atoms with Crippen LogP contribution < -0.4 is 34.7 Å². The van der Waals surface area contributed by atoms with Gasteiger partial charge in [-0.05, 0) is 6.42 Å². The maximum absolute atomic E-state index is 10.0. The predicted molar refractivity (Wildman–Crippen MR) is 48.9 cm³/mol. The number of aliphatic hydroxyl groups is 1. The van der Waals surface area contributed by atoms with Gasteiger partial charge in [0, 0.05) is 7.11 Å². The van der Waals surface area contributed by atoms with Crippen molar-refractivity contribution in [1.82, 2.24) is 0 Å². The van der Waals surface area contributed by atoms with Crippen LogP contribution in [0.5, 0.6) is 0 Å². The first-order valence-electron chi connectivity index (χ1n) is 4.70. The van der Waals surface area contributed by atoms with Crippen molar-refractivity contribution < 1.29 is 58.8 Å². The molecule has 0 saturated carbocycles.